The molecular weight excluding hydrogens is 354 g/mol. The van der Waals surface area contributed by atoms with E-state index in [2.05, 4.69) is 26.7 Å². The van der Waals surface area contributed by atoms with E-state index in [1.807, 2.05) is 26.2 Å². The molecule has 7 heteroatoms. The van der Waals surface area contributed by atoms with Crippen LogP contribution in [-0.4, -0.2) is 29.7 Å². The smallest absolute Gasteiger partial charge is 0.410 e. The first-order chi connectivity index (χ1) is 9.81. The van der Waals surface area contributed by atoms with Crippen molar-refractivity contribution in [2.45, 2.75) is 38.8 Å². The zero-order valence-electron chi connectivity index (χ0n) is 12.6. The van der Waals surface area contributed by atoms with Crippen LogP contribution in [0.1, 0.15) is 38.8 Å². The van der Waals surface area contributed by atoms with Crippen molar-refractivity contribution in [3.05, 3.63) is 20.8 Å². The molecule has 0 bridgehead atoms. The number of nitrogens with zero attached hydrogens (tertiary/aromatic N) is 1. The van der Waals surface area contributed by atoms with Crippen molar-refractivity contribution < 1.29 is 9.53 Å². The number of ether oxygens (including phenoxy) is 1. The maximum Gasteiger partial charge on any atom is 0.410 e. The average Bonchev–Trinajstić information content (AvgIpc) is 2.99. The van der Waals surface area contributed by atoms with Gasteiger partial charge in [0, 0.05) is 22.9 Å². The van der Waals surface area contributed by atoms with Gasteiger partial charge in [0.15, 0.2) is 0 Å². The van der Waals surface area contributed by atoms with Crippen molar-refractivity contribution in [2.75, 3.05) is 13.1 Å². The lowest BCUT2D eigenvalue weighted by atomic mass is 9.95. The molecule has 0 aromatic carbocycles. The monoisotopic (exact) mass is 375 g/mol. The molecule has 1 aromatic rings. The van der Waals surface area contributed by atoms with Crippen LogP contribution in [0.15, 0.2) is 15.2 Å². The Morgan fingerprint density at radius 1 is 1.57 bits per heavy atom. The van der Waals surface area contributed by atoms with Crippen molar-refractivity contribution in [3.8, 4) is 0 Å². The molecule has 21 heavy (non-hydrogen) atoms. The number of rotatable bonds is 3. The molecule has 1 aromatic heterocycles. The average molecular weight is 376 g/mol. The minimum absolute atomic E-state index is 0.0399. The third-order valence-corrected chi connectivity index (χ3v) is 5.26. The summed E-state index contributed by atoms with van der Waals surface area (Å²) in [4.78, 5) is 13.9. The molecule has 1 aliphatic heterocycles. The number of nitrogens with one attached hydrogen (secondary N) is 1. The third kappa shape index (κ3) is 4.18. The summed E-state index contributed by atoms with van der Waals surface area (Å²) in [5, 5.41) is 4.13. The van der Waals surface area contributed by atoms with Crippen LogP contribution in [-0.2, 0) is 4.74 Å². The van der Waals surface area contributed by atoms with Crippen LogP contribution < -0.4 is 11.3 Å². The molecule has 0 radical (unpaired) electrons. The molecule has 1 amide bonds. The van der Waals surface area contributed by atoms with Crippen molar-refractivity contribution in [1.29, 1.82) is 0 Å². The van der Waals surface area contributed by atoms with Gasteiger partial charge in [0.25, 0.3) is 0 Å². The maximum absolute atomic E-state index is 12.1. The molecule has 1 saturated heterocycles. The molecule has 0 saturated carbocycles. The Bertz CT molecular complexity index is 501. The van der Waals surface area contributed by atoms with Crippen LogP contribution in [0.3, 0.4) is 0 Å². The van der Waals surface area contributed by atoms with E-state index < -0.39 is 5.60 Å². The Morgan fingerprint density at radius 2 is 2.29 bits per heavy atom. The lowest BCUT2D eigenvalue weighted by Crippen LogP contribution is -2.38. The fourth-order valence-electron chi connectivity index (χ4n) is 2.54. The van der Waals surface area contributed by atoms with E-state index in [-0.39, 0.29) is 18.1 Å². The van der Waals surface area contributed by atoms with Gasteiger partial charge in [0.05, 0.1) is 6.04 Å². The summed E-state index contributed by atoms with van der Waals surface area (Å²) in [6, 6.07) is 0.0399. The first-order valence-corrected chi connectivity index (χ1v) is 8.71. The first kappa shape index (κ1) is 16.7. The Morgan fingerprint density at radius 3 is 2.81 bits per heavy atom. The predicted molar refractivity (Wildman–Crippen MR) is 88.0 cm³/mol. The number of carbonyl (C=O) groups is 1. The number of hydrazine groups is 1. The molecule has 1 aliphatic rings. The molecule has 2 atom stereocenters. The van der Waals surface area contributed by atoms with Crippen LogP contribution in [0.25, 0.3) is 0 Å². The van der Waals surface area contributed by atoms with Gasteiger partial charge < -0.3 is 9.64 Å². The largest absolute Gasteiger partial charge is 0.444 e. The van der Waals surface area contributed by atoms with Crippen LogP contribution in [0.4, 0.5) is 4.79 Å². The van der Waals surface area contributed by atoms with Gasteiger partial charge in [-0.3, -0.25) is 11.3 Å². The lowest BCUT2D eigenvalue weighted by Gasteiger charge is -2.26. The van der Waals surface area contributed by atoms with Crippen LogP contribution >= 0.6 is 27.3 Å². The number of hydrogen-bond donors (Lipinski definition) is 2. The summed E-state index contributed by atoms with van der Waals surface area (Å²) in [7, 11) is 0. The number of thiophene rings is 1. The van der Waals surface area contributed by atoms with Crippen LogP contribution in [0.5, 0.6) is 0 Å². The molecule has 2 rings (SSSR count). The van der Waals surface area contributed by atoms with Gasteiger partial charge in [-0.2, -0.15) is 11.3 Å². The molecular formula is C14H22BrN3O2S. The van der Waals surface area contributed by atoms with Crippen molar-refractivity contribution in [1.82, 2.24) is 10.3 Å². The van der Waals surface area contributed by atoms with Gasteiger partial charge in [0.2, 0.25) is 0 Å². The molecule has 2 heterocycles. The predicted octanol–water partition coefficient (Wildman–Crippen LogP) is 3.27. The lowest BCUT2D eigenvalue weighted by molar-refractivity contribution is 0.0285. The fourth-order valence-corrected chi connectivity index (χ4v) is 4.12. The Labute approximate surface area is 137 Å². The van der Waals surface area contributed by atoms with Gasteiger partial charge in [-0.25, -0.2) is 4.79 Å². The Hall–Kier alpha value is -0.630. The van der Waals surface area contributed by atoms with Gasteiger partial charge in [-0.15, -0.1) is 0 Å². The van der Waals surface area contributed by atoms with Gasteiger partial charge in [-0.1, -0.05) is 0 Å². The number of amides is 1. The second-order valence-corrected chi connectivity index (χ2v) is 7.89. The minimum atomic E-state index is -0.461. The zero-order valence-corrected chi connectivity index (χ0v) is 15.0. The fraction of sp³-hybridized carbons (Fsp3) is 0.643. The van der Waals surface area contributed by atoms with Crippen molar-refractivity contribution in [2.24, 2.45) is 11.8 Å². The van der Waals surface area contributed by atoms with Gasteiger partial charge >= 0.3 is 6.09 Å². The number of carbonyl (C=O) groups excluding carboxylic acids is 1. The number of halogens is 1. The highest BCUT2D eigenvalue weighted by atomic mass is 79.9. The molecule has 0 spiro atoms. The first-order valence-electron chi connectivity index (χ1n) is 6.97. The molecule has 0 aliphatic carbocycles. The number of nitrogens with two attached hydrogens (primary N) is 1. The van der Waals surface area contributed by atoms with Gasteiger partial charge in [0.1, 0.15) is 5.60 Å². The van der Waals surface area contributed by atoms with E-state index in [1.54, 1.807) is 16.2 Å². The topological polar surface area (TPSA) is 67.6 Å². The highest BCUT2D eigenvalue weighted by Gasteiger charge is 2.35. The second kappa shape index (κ2) is 6.64. The van der Waals surface area contributed by atoms with E-state index >= 15 is 0 Å². The minimum Gasteiger partial charge on any atom is -0.444 e. The summed E-state index contributed by atoms with van der Waals surface area (Å²) in [6.07, 6.45) is 0.668. The third-order valence-electron chi connectivity index (χ3n) is 3.50. The molecule has 5 nitrogen and oxygen atoms in total. The number of hydrogen-bond acceptors (Lipinski definition) is 5. The van der Waals surface area contributed by atoms with E-state index in [0.717, 1.165) is 16.5 Å². The van der Waals surface area contributed by atoms with Crippen molar-refractivity contribution in [3.63, 3.8) is 0 Å². The second-order valence-electron chi connectivity index (χ2n) is 6.29. The summed E-state index contributed by atoms with van der Waals surface area (Å²) in [5.41, 5.74) is 3.58. The standard InChI is InChI=1S/C14H22BrN3O2S/c1-14(2,3)20-13(19)18-5-4-9(6-18)12(17-16)10-7-21-8-11(10)15/h7-9,12,17H,4-6,16H2,1-3H3. The Balaban J connectivity index is 2.01. The molecule has 1 fully saturated rings. The molecule has 3 N–H and O–H groups in total. The highest BCUT2D eigenvalue weighted by molar-refractivity contribution is 9.10. The normalized spacial score (nSPS) is 20.6. The maximum atomic E-state index is 12.1. The van der Waals surface area contributed by atoms with E-state index in [4.69, 9.17) is 10.6 Å². The molecule has 2 unspecified atom stereocenters. The highest BCUT2D eigenvalue weighted by Crippen LogP contribution is 2.35. The SMILES string of the molecule is CC(C)(C)OC(=O)N1CCC(C(NN)c2cscc2Br)C1. The summed E-state index contributed by atoms with van der Waals surface area (Å²) < 4.78 is 6.49. The van der Waals surface area contributed by atoms with E-state index in [9.17, 15) is 4.79 Å². The Kier molecular flexibility index (Phi) is 5.29. The van der Waals surface area contributed by atoms with E-state index in [1.165, 1.54) is 0 Å². The van der Waals surface area contributed by atoms with E-state index in [0.29, 0.717) is 13.1 Å². The van der Waals surface area contributed by atoms with Crippen molar-refractivity contribution >= 4 is 33.4 Å². The molecule has 118 valence electrons. The van der Waals surface area contributed by atoms with Crippen LogP contribution in [0.2, 0.25) is 0 Å². The zero-order chi connectivity index (χ0) is 15.6. The summed E-state index contributed by atoms with van der Waals surface area (Å²) in [6.45, 7) is 7.01. The quantitative estimate of drug-likeness (QED) is 0.628. The van der Waals surface area contributed by atoms with Crippen LogP contribution in [0, 0.1) is 5.92 Å². The van der Waals surface area contributed by atoms with Gasteiger partial charge in [-0.05, 0) is 60.0 Å². The summed E-state index contributed by atoms with van der Waals surface area (Å²) in [5.74, 6) is 6.02. The summed E-state index contributed by atoms with van der Waals surface area (Å²) >= 11 is 5.18. The number of likely N-dealkylation sites (tertiary alicyclic amines) is 1.